The zero-order valence-corrected chi connectivity index (χ0v) is 29.9. The van der Waals surface area contributed by atoms with Gasteiger partial charge in [0, 0.05) is 70.0 Å². The number of halogens is 1. The first-order valence-corrected chi connectivity index (χ1v) is 18.6. The minimum Gasteiger partial charge on any atom is -0.384 e. The van der Waals surface area contributed by atoms with Crippen LogP contribution >= 0.6 is 0 Å². The van der Waals surface area contributed by atoms with Crippen LogP contribution in [0.5, 0.6) is 0 Å². The number of nitrogens with one attached hydrogen (secondary N) is 4. The number of piperidine rings is 1. The standard InChI is InChI=1S/C40H43FN10O3/c41-28-5-1-4-26(22-28)33-7-3-16-50(33)35(42)12-13-36-44-24-32(45-36)31-6-2-8-37(46-31)49-20-18-48(19-21-49)17-15-43-29-9-10-30-27(23-29)25-51(40(30)54)34-11-14-38(52)47-39(34)53/h1-2,4-6,8-10,12-13,22-24,33-34,42-43H,3,7,11,14-21,25H2,(H,44,45)(H,47,52,53)/b13-12-,42-35?/t33-,34?/m1/s1. The van der Waals surface area contributed by atoms with E-state index in [-0.39, 0.29) is 30.1 Å². The number of amidine groups is 1. The maximum Gasteiger partial charge on any atom is 0.255 e. The van der Waals surface area contributed by atoms with Gasteiger partial charge < -0.3 is 25.0 Å². The van der Waals surface area contributed by atoms with Crippen LogP contribution in [0.3, 0.4) is 0 Å². The van der Waals surface area contributed by atoms with Gasteiger partial charge in [-0.05, 0) is 85.0 Å². The van der Waals surface area contributed by atoms with Crippen molar-refractivity contribution in [2.24, 2.45) is 0 Å². The molecule has 3 fully saturated rings. The molecule has 13 nitrogen and oxygen atoms in total. The van der Waals surface area contributed by atoms with Gasteiger partial charge in [0.2, 0.25) is 11.8 Å². The SMILES string of the molecule is N=C(/C=C\c1ncc(-c2cccc(N3CCN(CCNc4ccc5c(c4)CN(C4CCC(=O)NC4=O)C5=O)CC3)n2)[nH]1)N1CCC[C@@H]1c1cccc(F)c1. The molecule has 3 saturated heterocycles. The molecule has 14 heteroatoms. The van der Waals surface area contributed by atoms with Crippen LogP contribution in [0.25, 0.3) is 17.5 Å². The number of hydrogen-bond acceptors (Lipinski definition) is 9. The molecule has 0 spiro atoms. The van der Waals surface area contributed by atoms with Crippen LogP contribution in [0, 0.1) is 11.2 Å². The van der Waals surface area contributed by atoms with E-state index in [2.05, 4.69) is 30.4 Å². The van der Waals surface area contributed by atoms with E-state index in [1.54, 1.807) is 35.4 Å². The molecule has 54 heavy (non-hydrogen) atoms. The molecule has 4 N–H and O–H groups in total. The number of nitrogens with zero attached hydrogens (tertiary/aromatic N) is 6. The molecular weight excluding hydrogens is 688 g/mol. The minimum atomic E-state index is -0.617. The van der Waals surface area contributed by atoms with Crippen LogP contribution < -0.4 is 15.5 Å². The summed E-state index contributed by atoms with van der Waals surface area (Å²) < 4.78 is 13.9. The van der Waals surface area contributed by atoms with Crippen molar-refractivity contribution in [3.63, 3.8) is 0 Å². The molecule has 0 radical (unpaired) electrons. The monoisotopic (exact) mass is 730 g/mol. The van der Waals surface area contributed by atoms with Gasteiger partial charge in [0.15, 0.2) is 0 Å². The summed E-state index contributed by atoms with van der Waals surface area (Å²) in [6.45, 7) is 6.22. The Kier molecular flexibility index (Phi) is 9.91. The Hall–Kier alpha value is -5.89. The second-order valence-corrected chi connectivity index (χ2v) is 14.2. The maximum atomic E-state index is 13.9. The number of carbonyl (C=O) groups is 3. The summed E-state index contributed by atoms with van der Waals surface area (Å²) in [7, 11) is 0. The molecule has 0 saturated carbocycles. The highest BCUT2D eigenvalue weighted by molar-refractivity contribution is 6.05. The first-order valence-electron chi connectivity index (χ1n) is 18.6. The number of imidazole rings is 1. The van der Waals surface area contributed by atoms with Crippen molar-refractivity contribution < 1.29 is 18.8 Å². The maximum absolute atomic E-state index is 13.9. The van der Waals surface area contributed by atoms with Gasteiger partial charge in [0.25, 0.3) is 5.91 Å². The Morgan fingerprint density at radius 3 is 2.67 bits per heavy atom. The summed E-state index contributed by atoms with van der Waals surface area (Å²) in [5, 5.41) is 14.5. The van der Waals surface area contributed by atoms with Gasteiger partial charge in [-0.1, -0.05) is 18.2 Å². The third-order valence-electron chi connectivity index (χ3n) is 10.8. The van der Waals surface area contributed by atoms with E-state index in [0.29, 0.717) is 30.2 Å². The first-order chi connectivity index (χ1) is 26.3. The molecule has 4 aromatic rings. The van der Waals surface area contributed by atoms with Crippen LogP contribution in [0.2, 0.25) is 0 Å². The fraction of sp³-hybridized carbons (Fsp3) is 0.350. The molecule has 4 aliphatic rings. The zero-order chi connectivity index (χ0) is 37.2. The Morgan fingerprint density at radius 2 is 1.83 bits per heavy atom. The van der Waals surface area contributed by atoms with E-state index in [4.69, 9.17) is 10.4 Å². The number of fused-ring (bicyclic) bond motifs is 1. The Balaban J connectivity index is 0.807. The molecule has 6 heterocycles. The summed E-state index contributed by atoms with van der Waals surface area (Å²) in [4.78, 5) is 58.0. The van der Waals surface area contributed by atoms with Gasteiger partial charge in [-0.3, -0.25) is 30.0 Å². The van der Waals surface area contributed by atoms with Crippen molar-refractivity contribution in [2.75, 3.05) is 56.0 Å². The van der Waals surface area contributed by atoms with Crippen molar-refractivity contribution >= 4 is 41.1 Å². The number of benzene rings is 2. The highest BCUT2D eigenvalue weighted by Gasteiger charge is 2.39. The van der Waals surface area contributed by atoms with E-state index >= 15 is 0 Å². The van der Waals surface area contributed by atoms with Crippen LogP contribution in [-0.2, 0) is 16.1 Å². The second kappa shape index (κ2) is 15.2. The average Bonchev–Trinajstić information content (AvgIpc) is 3.94. The number of rotatable bonds is 10. The van der Waals surface area contributed by atoms with Crippen molar-refractivity contribution in [2.45, 2.75) is 44.3 Å². The lowest BCUT2D eigenvalue weighted by atomic mass is 10.0. The number of aromatic nitrogens is 3. The lowest BCUT2D eigenvalue weighted by Gasteiger charge is -2.35. The van der Waals surface area contributed by atoms with Gasteiger partial charge in [0.1, 0.15) is 29.3 Å². The van der Waals surface area contributed by atoms with Crippen LogP contribution in [0.4, 0.5) is 15.9 Å². The summed E-state index contributed by atoms with van der Waals surface area (Å²) in [5.74, 6) is 0.798. The Bertz CT molecular complexity index is 2110. The summed E-state index contributed by atoms with van der Waals surface area (Å²) in [5.41, 5.74) is 4.91. The second-order valence-electron chi connectivity index (χ2n) is 14.2. The molecule has 3 amide bonds. The van der Waals surface area contributed by atoms with E-state index in [0.717, 1.165) is 92.7 Å². The number of amides is 3. The van der Waals surface area contributed by atoms with Crippen LogP contribution in [0.15, 0.2) is 72.9 Å². The number of aromatic amines is 1. The molecule has 2 aromatic heterocycles. The topological polar surface area (TPSA) is 154 Å². The van der Waals surface area contributed by atoms with Crippen LogP contribution in [0.1, 0.15) is 59.0 Å². The van der Waals surface area contributed by atoms with Gasteiger partial charge in [-0.25, -0.2) is 14.4 Å². The number of piperazine rings is 1. The van der Waals surface area contributed by atoms with Crippen molar-refractivity contribution in [1.82, 2.24) is 35.0 Å². The third kappa shape index (κ3) is 7.47. The van der Waals surface area contributed by atoms with E-state index in [1.165, 1.54) is 6.07 Å². The summed E-state index contributed by atoms with van der Waals surface area (Å²) in [6, 6.07) is 17.7. The first kappa shape index (κ1) is 35.2. The molecule has 8 rings (SSSR count). The summed E-state index contributed by atoms with van der Waals surface area (Å²) >= 11 is 0. The number of carbonyl (C=O) groups excluding carboxylic acids is 3. The van der Waals surface area contributed by atoms with Crippen molar-refractivity contribution in [3.05, 3.63) is 101 Å². The molecule has 2 aromatic carbocycles. The molecular formula is C40H43FN10O3. The number of pyridine rings is 1. The normalized spacial score (nSPS) is 20.5. The van der Waals surface area contributed by atoms with Gasteiger partial charge >= 0.3 is 0 Å². The average molecular weight is 731 g/mol. The van der Waals surface area contributed by atoms with Crippen molar-refractivity contribution in [3.8, 4) is 11.4 Å². The van der Waals surface area contributed by atoms with Crippen LogP contribution in [-0.4, -0.2) is 105 Å². The largest absolute Gasteiger partial charge is 0.384 e. The predicted molar refractivity (Wildman–Crippen MR) is 203 cm³/mol. The molecule has 0 aliphatic carbocycles. The third-order valence-corrected chi connectivity index (χ3v) is 10.8. The van der Waals surface area contributed by atoms with E-state index in [9.17, 15) is 18.8 Å². The lowest BCUT2D eigenvalue weighted by molar-refractivity contribution is -0.136. The number of anilines is 2. The molecule has 1 unspecified atom stereocenters. The molecule has 0 bridgehead atoms. The lowest BCUT2D eigenvalue weighted by Crippen LogP contribution is -2.52. The fourth-order valence-corrected chi connectivity index (χ4v) is 7.91. The molecule has 278 valence electrons. The number of imide groups is 1. The molecule has 4 aliphatic heterocycles. The Morgan fingerprint density at radius 1 is 0.981 bits per heavy atom. The van der Waals surface area contributed by atoms with Gasteiger partial charge in [-0.2, -0.15) is 0 Å². The van der Waals surface area contributed by atoms with Gasteiger partial charge in [0.05, 0.1) is 23.6 Å². The summed E-state index contributed by atoms with van der Waals surface area (Å²) in [6.07, 6.45) is 7.73. The Labute approximate surface area is 312 Å². The van der Waals surface area contributed by atoms with Gasteiger partial charge in [-0.15, -0.1) is 0 Å². The zero-order valence-electron chi connectivity index (χ0n) is 29.9. The van der Waals surface area contributed by atoms with E-state index < -0.39 is 11.9 Å². The number of hydrogen-bond donors (Lipinski definition) is 4. The fourth-order valence-electron chi connectivity index (χ4n) is 7.91. The highest BCUT2D eigenvalue weighted by Crippen LogP contribution is 2.33. The quantitative estimate of drug-likeness (QED) is 0.105. The smallest absolute Gasteiger partial charge is 0.255 e. The molecule has 2 atom stereocenters. The predicted octanol–water partition coefficient (Wildman–Crippen LogP) is 4.43. The number of H-pyrrole nitrogens is 1. The van der Waals surface area contributed by atoms with Crippen molar-refractivity contribution in [1.29, 1.82) is 5.41 Å². The minimum absolute atomic E-state index is 0.0112. The van der Waals surface area contributed by atoms with E-state index in [1.807, 2.05) is 47.4 Å². The highest BCUT2D eigenvalue weighted by atomic mass is 19.1. The number of likely N-dealkylation sites (tertiary alicyclic amines) is 1.